The molecule has 9 heteroatoms. The summed E-state index contributed by atoms with van der Waals surface area (Å²) in [6, 6.07) is -0.904. The van der Waals surface area contributed by atoms with E-state index in [4.69, 9.17) is 9.05 Å². The zero-order chi connectivity index (χ0) is 37.9. The fourth-order valence-electron chi connectivity index (χ4n) is 5.71. The van der Waals surface area contributed by atoms with Gasteiger partial charge in [0, 0.05) is 6.42 Å². The van der Waals surface area contributed by atoms with E-state index in [0.717, 1.165) is 44.9 Å². The monoisotopic (exact) mass is 741 g/mol. The first-order valence-electron chi connectivity index (χ1n) is 20.9. The molecule has 1 amide bonds. The third-order valence-corrected chi connectivity index (χ3v) is 10.0. The van der Waals surface area contributed by atoms with E-state index in [0.29, 0.717) is 17.4 Å². The molecule has 0 aliphatic heterocycles. The maximum Gasteiger partial charge on any atom is 0.268 e. The van der Waals surface area contributed by atoms with E-state index in [1.54, 1.807) is 6.08 Å². The molecule has 8 nitrogen and oxygen atoms in total. The molecule has 0 fully saturated rings. The summed E-state index contributed by atoms with van der Waals surface area (Å²) < 4.78 is 23.1. The van der Waals surface area contributed by atoms with Crippen molar-refractivity contribution in [1.29, 1.82) is 0 Å². The number of hydrogen-bond acceptors (Lipinski definition) is 6. The maximum atomic E-state index is 12.8. The minimum absolute atomic E-state index is 0.00820. The van der Waals surface area contributed by atoms with Crippen LogP contribution >= 0.6 is 7.82 Å². The summed E-state index contributed by atoms with van der Waals surface area (Å²) in [5, 5.41) is 13.7. The molecule has 0 spiro atoms. The summed E-state index contributed by atoms with van der Waals surface area (Å²) in [7, 11) is 1.23. The van der Waals surface area contributed by atoms with Crippen molar-refractivity contribution in [2.75, 3.05) is 40.9 Å². The number of phosphoric ester groups is 1. The summed E-state index contributed by atoms with van der Waals surface area (Å²) in [4.78, 5) is 25.2. The van der Waals surface area contributed by atoms with Gasteiger partial charge in [-0.15, -0.1) is 0 Å². The van der Waals surface area contributed by atoms with Gasteiger partial charge in [0.15, 0.2) is 0 Å². The van der Waals surface area contributed by atoms with Crippen molar-refractivity contribution in [3.63, 3.8) is 0 Å². The number of carbonyl (C=O) groups excluding carboxylic acids is 1. The van der Waals surface area contributed by atoms with Crippen molar-refractivity contribution in [2.24, 2.45) is 0 Å². The molecule has 0 aromatic heterocycles. The molecular formula is C42H81N2O6P. The lowest BCUT2D eigenvalue weighted by atomic mass is 10.0. The van der Waals surface area contributed by atoms with Crippen molar-refractivity contribution in [3.05, 3.63) is 36.5 Å². The molecule has 0 heterocycles. The van der Waals surface area contributed by atoms with Gasteiger partial charge in [-0.2, -0.15) is 0 Å². The fraction of sp³-hybridized carbons (Fsp3) is 0.833. The minimum atomic E-state index is -4.59. The van der Waals surface area contributed by atoms with Gasteiger partial charge in [-0.05, 0) is 44.9 Å². The van der Waals surface area contributed by atoms with Crippen LogP contribution in [0.1, 0.15) is 174 Å². The zero-order valence-electron chi connectivity index (χ0n) is 33.8. The average Bonchev–Trinajstić information content (AvgIpc) is 3.07. The largest absolute Gasteiger partial charge is 0.756 e. The molecule has 0 rings (SSSR count). The first-order valence-corrected chi connectivity index (χ1v) is 22.3. The summed E-state index contributed by atoms with van der Waals surface area (Å²) in [5.41, 5.74) is 0. The van der Waals surface area contributed by atoms with E-state index in [-0.39, 0.29) is 12.5 Å². The molecule has 0 saturated carbocycles. The molecule has 0 bridgehead atoms. The quantitative estimate of drug-likeness (QED) is 0.0284. The summed E-state index contributed by atoms with van der Waals surface area (Å²) >= 11 is 0. The van der Waals surface area contributed by atoms with E-state index < -0.39 is 26.6 Å². The Morgan fingerprint density at radius 3 is 1.59 bits per heavy atom. The van der Waals surface area contributed by atoms with Crippen molar-refractivity contribution in [1.82, 2.24) is 5.32 Å². The van der Waals surface area contributed by atoms with Gasteiger partial charge in [-0.1, -0.05) is 159 Å². The molecule has 3 unspecified atom stereocenters. The van der Waals surface area contributed by atoms with Gasteiger partial charge in [0.05, 0.1) is 39.9 Å². The number of rotatable bonds is 37. The number of allylic oxidation sites excluding steroid dienone is 5. The summed E-state index contributed by atoms with van der Waals surface area (Å²) in [6.07, 6.45) is 40.5. The minimum Gasteiger partial charge on any atom is -0.756 e. The third-order valence-electron chi connectivity index (χ3n) is 9.08. The predicted octanol–water partition coefficient (Wildman–Crippen LogP) is 10.5. The van der Waals surface area contributed by atoms with Crippen LogP contribution in [0.25, 0.3) is 0 Å². The standard InChI is InChI=1S/C42H81N2O6P/c1-6-8-10-12-14-16-18-19-20-21-22-23-24-26-27-29-31-33-35-41(45)40(39-50-51(47,48)49-38-37-44(3,4)5)43-42(46)36-34-32-30-28-25-17-15-13-11-9-7-2/h21-22,26-27,33,35,40-41,45H,6-20,23-25,28-32,34,36-39H2,1-5H3,(H-,43,46,47,48)/b22-21+,27-26+,35-33+. The van der Waals surface area contributed by atoms with Crippen LogP contribution in [-0.4, -0.2) is 68.5 Å². The van der Waals surface area contributed by atoms with E-state index in [1.807, 2.05) is 27.2 Å². The number of hydrogen-bond donors (Lipinski definition) is 2. The van der Waals surface area contributed by atoms with Gasteiger partial charge >= 0.3 is 0 Å². The highest BCUT2D eigenvalue weighted by Gasteiger charge is 2.23. The molecule has 300 valence electrons. The lowest BCUT2D eigenvalue weighted by Gasteiger charge is -2.29. The molecule has 0 saturated heterocycles. The van der Waals surface area contributed by atoms with Crippen LogP contribution in [0.3, 0.4) is 0 Å². The van der Waals surface area contributed by atoms with Gasteiger partial charge in [0.1, 0.15) is 13.2 Å². The smallest absolute Gasteiger partial charge is 0.268 e. The molecule has 2 N–H and O–H groups in total. The molecule has 51 heavy (non-hydrogen) atoms. The highest BCUT2D eigenvalue weighted by molar-refractivity contribution is 7.45. The van der Waals surface area contributed by atoms with Crippen LogP contribution < -0.4 is 10.2 Å². The zero-order valence-corrected chi connectivity index (χ0v) is 34.7. The lowest BCUT2D eigenvalue weighted by molar-refractivity contribution is -0.870. The highest BCUT2D eigenvalue weighted by Crippen LogP contribution is 2.38. The second-order valence-corrected chi connectivity index (χ2v) is 16.7. The molecule has 0 aromatic carbocycles. The highest BCUT2D eigenvalue weighted by atomic mass is 31.2. The van der Waals surface area contributed by atoms with Gasteiger partial charge in [-0.25, -0.2) is 0 Å². The Kier molecular flexibility index (Phi) is 33.6. The van der Waals surface area contributed by atoms with Crippen LogP contribution in [0.4, 0.5) is 0 Å². The summed E-state index contributed by atoms with van der Waals surface area (Å²) in [5.74, 6) is -0.214. The number of nitrogens with one attached hydrogen (secondary N) is 1. The summed E-state index contributed by atoms with van der Waals surface area (Å²) in [6.45, 7) is 4.59. The number of unbranched alkanes of at least 4 members (excludes halogenated alkanes) is 20. The number of likely N-dealkylation sites (N-methyl/N-ethyl adjacent to an activating group) is 1. The lowest BCUT2D eigenvalue weighted by Crippen LogP contribution is -2.45. The second-order valence-electron chi connectivity index (χ2n) is 15.3. The number of quaternary nitrogens is 1. The molecule has 0 aromatic rings. The van der Waals surface area contributed by atoms with Gasteiger partial charge in [0.2, 0.25) is 5.91 Å². The van der Waals surface area contributed by atoms with Crippen LogP contribution in [-0.2, 0) is 18.4 Å². The van der Waals surface area contributed by atoms with Gasteiger partial charge in [-0.3, -0.25) is 9.36 Å². The van der Waals surface area contributed by atoms with Crippen molar-refractivity contribution >= 4 is 13.7 Å². The SMILES string of the molecule is CCCCCCCCCC/C=C/CC/C=C/CC/C=C/C(O)C(COP(=O)([O-])OCC[N+](C)(C)C)NC(=O)CCCCCCCCCCCCC. The molecule has 0 aliphatic carbocycles. The average molecular weight is 741 g/mol. The molecule has 0 aliphatic rings. The van der Waals surface area contributed by atoms with Crippen LogP contribution in [0.2, 0.25) is 0 Å². The molecule has 0 radical (unpaired) electrons. The van der Waals surface area contributed by atoms with Crippen molar-refractivity contribution < 1.29 is 32.9 Å². The Balaban J connectivity index is 4.54. The van der Waals surface area contributed by atoms with E-state index in [9.17, 15) is 19.4 Å². The molecular weight excluding hydrogens is 659 g/mol. The van der Waals surface area contributed by atoms with E-state index >= 15 is 0 Å². The number of amides is 1. The number of carbonyl (C=O) groups is 1. The Morgan fingerprint density at radius 2 is 1.10 bits per heavy atom. The Morgan fingerprint density at radius 1 is 0.667 bits per heavy atom. The van der Waals surface area contributed by atoms with E-state index in [2.05, 4.69) is 43.5 Å². The first-order chi connectivity index (χ1) is 24.5. The Labute approximate surface area is 315 Å². The van der Waals surface area contributed by atoms with Gasteiger partial charge < -0.3 is 28.8 Å². The number of aliphatic hydroxyl groups is 1. The predicted molar refractivity (Wildman–Crippen MR) is 215 cm³/mol. The van der Waals surface area contributed by atoms with E-state index in [1.165, 1.54) is 109 Å². The fourth-order valence-corrected chi connectivity index (χ4v) is 6.43. The van der Waals surface area contributed by atoms with Crippen molar-refractivity contribution in [3.8, 4) is 0 Å². The van der Waals surface area contributed by atoms with Crippen molar-refractivity contribution in [2.45, 2.75) is 187 Å². The Bertz CT molecular complexity index is 933. The third kappa shape index (κ3) is 36.9. The second kappa shape index (κ2) is 34.5. The number of nitrogens with zero attached hydrogens (tertiary/aromatic N) is 1. The maximum absolute atomic E-state index is 12.8. The van der Waals surface area contributed by atoms with Crippen LogP contribution in [0, 0.1) is 0 Å². The number of aliphatic hydroxyl groups excluding tert-OH is 1. The molecule has 3 atom stereocenters. The van der Waals surface area contributed by atoms with Crippen LogP contribution in [0.5, 0.6) is 0 Å². The van der Waals surface area contributed by atoms with Crippen LogP contribution in [0.15, 0.2) is 36.5 Å². The Hall–Kier alpha value is -1.28. The topological polar surface area (TPSA) is 108 Å². The van der Waals surface area contributed by atoms with Gasteiger partial charge in [0.25, 0.3) is 7.82 Å². The normalized spacial score (nSPS) is 14.9. The first kappa shape index (κ1) is 49.7. The number of phosphoric acid groups is 1.